The van der Waals surface area contributed by atoms with Crippen LogP contribution in [-0.4, -0.2) is 46.6 Å². The number of carbonyl (C=O) groups excluding carboxylic acids is 1. The summed E-state index contributed by atoms with van der Waals surface area (Å²) in [7, 11) is 1.00. The number of amides is 1. The minimum atomic E-state index is -4.49. The smallest absolute Gasteiger partial charge is 0.406 e. The van der Waals surface area contributed by atoms with E-state index in [4.69, 9.17) is 5.11 Å². The lowest BCUT2D eigenvalue weighted by Crippen LogP contribution is -2.35. The van der Waals surface area contributed by atoms with E-state index in [9.17, 15) is 22.8 Å². The highest BCUT2D eigenvalue weighted by molar-refractivity contribution is 5.94. The first kappa shape index (κ1) is 13.9. The molecule has 0 bridgehead atoms. The van der Waals surface area contributed by atoms with Gasteiger partial charge in [-0.1, -0.05) is 0 Å². The molecule has 5 nitrogen and oxygen atoms in total. The van der Waals surface area contributed by atoms with Crippen LogP contribution in [0.5, 0.6) is 0 Å². The summed E-state index contributed by atoms with van der Waals surface area (Å²) in [6.45, 7) is -1.38. The van der Waals surface area contributed by atoms with E-state index < -0.39 is 24.6 Å². The summed E-state index contributed by atoms with van der Waals surface area (Å²) in [6.07, 6.45) is -3.56. The van der Waals surface area contributed by atoms with Gasteiger partial charge in [-0.25, -0.2) is 9.78 Å². The average Bonchev–Trinajstić information content (AvgIpc) is 2.26. The van der Waals surface area contributed by atoms with Gasteiger partial charge < -0.3 is 10.0 Å². The molecule has 1 aromatic heterocycles. The Hall–Kier alpha value is -2.12. The molecule has 18 heavy (non-hydrogen) atoms. The minimum absolute atomic E-state index is 0.105. The Kier molecular flexibility index (Phi) is 3.89. The van der Waals surface area contributed by atoms with Crippen LogP contribution in [0, 0.1) is 0 Å². The Balaban J connectivity index is 2.81. The van der Waals surface area contributed by atoms with Crippen LogP contribution >= 0.6 is 0 Å². The van der Waals surface area contributed by atoms with Gasteiger partial charge in [-0.15, -0.1) is 0 Å². The molecule has 0 unspecified atom stereocenters. The second-order valence-corrected chi connectivity index (χ2v) is 3.51. The molecule has 0 aliphatic heterocycles. The Morgan fingerprint density at radius 1 is 1.39 bits per heavy atom. The summed E-state index contributed by atoms with van der Waals surface area (Å²) in [4.78, 5) is 26.0. The van der Waals surface area contributed by atoms with E-state index >= 15 is 0 Å². The van der Waals surface area contributed by atoms with Gasteiger partial charge in [0.2, 0.25) is 0 Å². The summed E-state index contributed by atoms with van der Waals surface area (Å²) in [5.74, 6) is -2.16. The second kappa shape index (κ2) is 5.03. The minimum Gasteiger partial charge on any atom is -0.477 e. The van der Waals surface area contributed by atoms with Gasteiger partial charge in [-0.2, -0.15) is 13.2 Å². The number of nitrogens with zero attached hydrogens (tertiary/aromatic N) is 2. The van der Waals surface area contributed by atoms with E-state index in [2.05, 4.69) is 4.98 Å². The molecule has 1 amide bonds. The van der Waals surface area contributed by atoms with E-state index in [0.717, 1.165) is 25.4 Å². The molecule has 0 fully saturated rings. The molecule has 0 aliphatic carbocycles. The molecular formula is C10H9F3N2O3. The number of aromatic carboxylic acids is 1. The Labute approximate surface area is 99.8 Å². The largest absolute Gasteiger partial charge is 0.477 e. The van der Waals surface area contributed by atoms with Crippen molar-refractivity contribution in [3.05, 3.63) is 29.6 Å². The number of carbonyl (C=O) groups is 2. The van der Waals surface area contributed by atoms with Crippen LogP contribution in [0.4, 0.5) is 13.2 Å². The maximum Gasteiger partial charge on any atom is 0.406 e. The van der Waals surface area contributed by atoms with Crippen LogP contribution in [0.25, 0.3) is 0 Å². The van der Waals surface area contributed by atoms with E-state index in [0.29, 0.717) is 4.90 Å². The van der Waals surface area contributed by atoms with Crippen molar-refractivity contribution in [2.75, 3.05) is 13.6 Å². The van der Waals surface area contributed by atoms with Gasteiger partial charge in [0.05, 0.1) is 5.56 Å². The number of hydrogen-bond donors (Lipinski definition) is 1. The maximum absolute atomic E-state index is 12.1. The molecule has 0 saturated heterocycles. The molecule has 0 atom stereocenters. The third-order valence-corrected chi connectivity index (χ3v) is 1.99. The van der Waals surface area contributed by atoms with Crippen LogP contribution in [0.15, 0.2) is 18.3 Å². The van der Waals surface area contributed by atoms with E-state index in [1.54, 1.807) is 0 Å². The highest BCUT2D eigenvalue weighted by Crippen LogP contribution is 2.16. The number of carboxylic acids is 1. The van der Waals surface area contributed by atoms with Crippen molar-refractivity contribution < 1.29 is 27.9 Å². The third-order valence-electron chi connectivity index (χ3n) is 1.99. The predicted molar refractivity (Wildman–Crippen MR) is 54.2 cm³/mol. The number of alkyl halides is 3. The van der Waals surface area contributed by atoms with Gasteiger partial charge in [0.25, 0.3) is 5.91 Å². The van der Waals surface area contributed by atoms with Crippen molar-refractivity contribution in [2.45, 2.75) is 6.18 Å². The van der Waals surface area contributed by atoms with Crippen molar-refractivity contribution in [3.63, 3.8) is 0 Å². The van der Waals surface area contributed by atoms with Crippen molar-refractivity contribution in [3.8, 4) is 0 Å². The fraction of sp³-hybridized carbons (Fsp3) is 0.300. The van der Waals surface area contributed by atoms with Crippen LogP contribution in [0.1, 0.15) is 20.8 Å². The van der Waals surface area contributed by atoms with Crippen molar-refractivity contribution >= 4 is 11.9 Å². The molecule has 0 aromatic carbocycles. The SMILES string of the molecule is CN(CC(F)(F)F)C(=O)c1ccc(C(=O)O)nc1. The summed E-state index contributed by atoms with van der Waals surface area (Å²) in [5.41, 5.74) is -0.392. The van der Waals surface area contributed by atoms with Crippen LogP contribution < -0.4 is 0 Å². The molecule has 1 heterocycles. The number of rotatable bonds is 3. The van der Waals surface area contributed by atoms with Crippen LogP contribution in [0.3, 0.4) is 0 Å². The molecule has 0 aliphatic rings. The standard InChI is InChI=1S/C10H9F3N2O3/c1-15(5-10(11,12)13)8(16)6-2-3-7(9(17)18)14-4-6/h2-4H,5H2,1H3,(H,17,18). The summed E-state index contributed by atoms with van der Waals surface area (Å²) >= 11 is 0. The first-order valence-corrected chi connectivity index (χ1v) is 4.72. The molecule has 0 spiro atoms. The second-order valence-electron chi connectivity index (χ2n) is 3.51. The normalized spacial score (nSPS) is 11.1. The Bertz CT molecular complexity index is 456. The zero-order chi connectivity index (χ0) is 13.9. The third kappa shape index (κ3) is 3.72. The first-order chi connectivity index (χ1) is 8.20. The van der Waals surface area contributed by atoms with E-state index in [-0.39, 0.29) is 11.3 Å². The maximum atomic E-state index is 12.1. The van der Waals surface area contributed by atoms with Crippen molar-refractivity contribution in [1.29, 1.82) is 0 Å². The molecule has 0 radical (unpaired) electrons. The molecular weight excluding hydrogens is 253 g/mol. The fourth-order valence-corrected chi connectivity index (χ4v) is 1.21. The van der Waals surface area contributed by atoms with Gasteiger partial charge in [-0.05, 0) is 12.1 Å². The zero-order valence-corrected chi connectivity index (χ0v) is 9.23. The number of carboxylic acid groups (broad SMARTS) is 1. The van der Waals surface area contributed by atoms with E-state index in [1.807, 2.05) is 0 Å². The van der Waals surface area contributed by atoms with Gasteiger partial charge >= 0.3 is 12.1 Å². The average molecular weight is 262 g/mol. The first-order valence-electron chi connectivity index (χ1n) is 4.72. The van der Waals surface area contributed by atoms with Gasteiger partial charge in [0.1, 0.15) is 12.2 Å². The highest BCUT2D eigenvalue weighted by atomic mass is 19.4. The number of hydrogen-bond acceptors (Lipinski definition) is 3. The summed E-state index contributed by atoms with van der Waals surface area (Å²) in [6, 6.07) is 2.17. The highest BCUT2D eigenvalue weighted by Gasteiger charge is 2.31. The molecule has 1 aromatic rings. The van der Waals surface area contributed by atoms with Crippen LogP contribution in [-0.2, 0) is 0 Å². The Morgan fingerprint density at radius 3 is 2.39 bits per heavy atom. The number of halogens is 3. The molecule has 1 rings (SSSR count). The molecule has 1 N–H and O–H groups in total. The number of aromatic nitrogens is 1. The topological polar surface area (TPSA) is 70.5 Å². The lowest BCUT2D eigenvalue weighted by molar-refractivity contribution is -0.138. The fourth-order valence-electron chi connectivity index (χ4n) is 1.21. The monoisotopic (exact) mass is 262 g/mol. The zero-order valence-electron chi connectivity index (χ0n) is 9.23. The summed E-state index contributed by atoms with van der Waals surface area (Å²) < 4.78 is 36.2. The van der Waals surface area contributed by atoms with Crippen LogP contribution in [0.2, 0.25) is 0 Å². The molecule has 0 saturated carbocycles. The predicted octanol–water partition coefficient (Wildman–Crippen LogP) is 1.41. The van der Waals surface area contributed by atoms with Crippen molar-refractivity contribution in [2.24, 2.45) is 0 Å². The van der Waals surface area contributed by atoms with Gasteiger partial charge in [-0.3, -0.25) is 4.79 Å². The van der Waals surface area contributed by atoms with Gasteiger partial charge in [0, 0.05) is 13.2 Å². The quantitative estimate of drug-likeness (QED) is 0.894. The van der Waals surface area contributed by atoms with E-state index in [1.165, 1.54) is 0 Å². The lowest BCUT2D eigenvalue weighted by Gasteiger charge is -2.18. The van der Waals surface area contributed by atoms with Crippen molar-refractivity contribution in [1.82, 2.24) is 9.88 Å². The Morgan fingerprint density at radius 2 is 2.00 bits per heavy atom. The summed E-state index contributed by atoms with van der Waals surface area (Å²) in [5, 5.41) is 8.57. The number of pyridine rings is 1. The molecule has 98 valence electrons. The molecule has 8 heteroatoms. The van der Waals surface area contributed by atoms with Gasteiger partial charge in [0.15, 0.2) is 0 Å². The lowest BCUT2D eigenvalue weighted by atomic mass is 10.2.